The molecule has 0 saturated heterocycles. The molecular weight excluding hydrogens is 329 g/mol. The van der Waals surface area contributed by atoms with E-state index in [9.17, 15) is 4.39 Å². The predicted octanol–water partition coefficient (Wildman–Crippen LogP) is 3.32. The highest BCUT2D eigenvalue weighted by Gasteiger charge is 2.21. The second kappa shape index (κ2) is 8.83. The summed E-state index contributed by atoms with van der Waals surface area (Å²) in [5.41, 5.74) is 0.725. The van der Waals surface area contributed by atoms with Gasteiger partial charge in [0.1, 0.15) is 11.6 Å². The van der Waals surface area contributed by atoms with Gasteiger partial charge in [0.15, 0.2) is 5.96 Å². The van der Waals surface area contributed by atoms with Gasteiger partial charge in [0.2, 0.25) is 0 Å². The van der Waals surface area contributed by atoms with Crippen LogP contribution >= 0.6 is 0 Å². The van der Waals surface area contributed by atoms with Gasteiger partial charge in [0.05, 0.1) is 6.54 Å². The molecule has 0 atom stereocenters. The molecule has 1 aromatic heterocycles. The van der Waals surface area contributed by atoms with Gasteiger partial charge in [0.25, 0.3) is 0 Å². The minimum Gasteiger partial charge on any atom is -0.356 e. The highest BCUT2D eigenvalue weighted by atomic mass is 19.1. The fraction of sp³-hybridized carbons (Fsp3) is 0.500. The summed E-state index contributed by atoms with van der Waals surface area (Å²) in [6.07, 6.45) is 3.82. The van der Waals surface area contributed by atoms with Gasteiger partial charge in [-0.1, -0.05) is 39.8 Å². The first-order chi connectivity index (χ1) is 12.3. The molecule has 0 amide bonds. The molecule has 2 rings (SSSR count). The molecular formula is C20H30FN5. The first kappa shape index (κ1) is 19.9. The number of aromatic nitrogens is 2. The molecule has 0 radical (unpaired) electrons. The standard InChI is InChI=1S/C20H30FN5/c1-15(2)13-26-10-9-23-18(26)12-24-19(22-5)25-14-20(3,4)16-7-6-8-17(21)11-16/h6-11,15H,12-14H2,1-5H3,(H2,22,24,25). The van der Waals surface area contributed by atoms with Crippen molar-refractivity contribution in [2.45, 2.75) is 46.2 Å². The van der Waals surface area contributed by atoms with Gasteiger partial charge in [-0.05, 0) is 23.6 Å². The third-order valence-corrected chi connectivity index (χ3v) is 4.30. The molecule has 0 spiro atoms. The normalized spacial score (nSPS) is 12.5. The van der Waals surface area contributed by atoms with Crippen LogP contribution in [-0.2, 0) is 18.5 Å². The van der Waals surface area contributed by atoms with Gasteiger partial charge >= 0.3 is 0 Å². The van der Waals surface area contributed by atoms with Gasteiger partial charge in [0, 0.05) is 37.9 Å². The predicted molar refractivity (Wildman–Crippen MR) is 105 cm³/mol. The zero-order valence-electron chi connectivity index (χ0n) is 16.4. The van der Waals surface area contributed by atoms with E-state index in [1.165, 1.54) is 6.07 Å². The number of imidazole rings is 1. The minimum absolute atomic E-state index is 0.213. The van der Waals surface area contributed by atoms with Crippen molar-refractivity contribution in [1.29, 1.82) is 0 Å². The molecule has 0 fully saturated rings. The maximum absolute atomic E-state index is 13.5. The molecule has 1 heterocycles. The average molecular weight is 359 g/mol. The SMILES string of the molecule is CN=C(NCc1nccn1CC(C)C)NCC(C)(C)c1cccc(F)c1. The van der Waals surface area contributed by atoms with E-state index in [2.05, 4.69) is 52.9 Å². The lowest BCUT2D eigenvalue weighted by molar-refractivity contribution is 0.495. The number of rotatable bonds is 7. The second-order valence-corrected chi connectivity index (χ2v) is 7.56. The van der Waals surface area contributed by atoms with Crippen LogP contribution in [0.15, 0.2) is 41.7 Å². The topological polar surface area (TPSA) is 54.2 Å². The number of halogens is 1. The number of nitrogens with zero attached hydrogens (tertiary/aromatic N) is 3. The Kier molecular flexibility index (Phi) is 6.77. The quantitative estimate of drug-likeness (QED) is 0.589. The number of nitrogens with one attached hydrogen (secondary N) is 2. The van der Waals surface area contributed by atoms with Crippen molar-refractivity contribution in [3.8, 4) is 0 Å². The number of aliphatic imine (C=N–C) groups is 1. The highest BCUT2D eigenvalue weighted by molar-refractivity contribution is 5.79. The largest absolute Gasteiger partial charge is 0.356 e. The molecule has 0 aliphatic carbocycles. The van der Waals surface area contributed by atoms with Crippen LogP contribution in [0.3, 0.4) is 0 Å². The number of hydrogen-bond acceptors (Lipinski definition) is 2. The van der Waals surface area contributed by atoms with Crippen molar-refractivity contribution in [2.24, 2.45) is 10.9 Å². The molecule has 0 saturated carbocycles. The summed E-state index contributed by atoms with van der Waals surface area (Å²) in [4.78, 5) is 8.69. The van der Waals surface area contributed by atoms with Crippen LogP contribution < -0.4 is 10.6 Å². The molecule has 1 aromatic carbocycles. The van der Waals surface area contributed by atoms with Gasteiger partial charge < -0.3 is 15.2 Å². The lowest BCUT2D eigenvalue weighted by Crippen LogP contribution is -2.43. The number of hydrogen-bond donors (Lipinski definition) is 2. The third kappa shape index (κ3) is 5.58. The molecule has 0 aliphatic heterocycles. The Morgan fingerprint density at radius 2 is 2.08 bits per heavy atom. The smallest absolute Gasteiger partial charge is 0.191 e. The van der Waals surface area contributed by atoms with Gasteiger partial charge in [-0.15, -0.1) is 0 Å². The summed E-state index contributed by atoms with van der Waals surface area (Å²) in [7, 11) is 1.74. The zero-order chi connectivity index (χ0) is 19.2. The lowest BCUT2D eigenvalue weighted by Gasteiger charge is -2.27. The summed E-state index contributed by atoms with van der Waals surface area (Å²) in [6, 6.07) is 6.74. The fourth-order valence-electron chi connectivity index (χ4n) is 2.77. The third-order valence-electron chi connectivity index (χ3n) is 4.30. The van der Waals surface area contributed by atoms with Crippen LogP contribution in [0.25, 0.3) is 0 Å². The minimum atomic E-state index is -0.226. The second-order valence-electron chi connectivity index (χ2n) is 7.56. The first-order valence-electron chi connectivity index (χ1n) is 9.02. The van der Waals surface area contributed by atoms with Crippen LogP contribution in [0, 0.1) is 11.7 Å². The molecule has 142 valence electrons. The van der Waals surface area contributed by atoms with Gasteiger partial charge in [-0.25, -0.2) is 9.37 Å². The van der Waals surface area contributed by atoms with Crippen molar-refractivity contribution in [3.05, 3.63) is 53.9 Å². The van der Waals surface area contributed by atoms with E-state index in [-0.39, 0.29) is 11.2 Å². The lowest BCUT2D eigenvalue weighted by atomic mass is 9.84. The van der Waals surface area contributed by atoms with E-state index in [0.29, 0.717) is 25.0 Å². The molecule has 0 unspecified atom stereocenters. The van der Waals surface area contributed by atoms with Crippen LogP contribution in [-0.4, -0.2) is 29.1 Å². The molecule has 2 N–H and O–H groups in total. The summed E-state index contributed by atoms with van der Waals surface area (Å²) >= 11 is 0. The average Bonchev–Trinajstić information content (AvgIpc) is 3.01. The Bertz CT molecular complexity index is 733. The van der Waals surface area contributed by atoms with Gasteiger partial charge in [-0.2, -0.15) is 0 Å². The molecule has 0 bridgehead atoms. The van der Waals surface area contributed by atoms with Crippen molar-refractivity contribution in [1.82, 2.24) is 20.2 Å². The Hall–Kier alpha value is -2.37. The molecule has 2 aromatic rings. The zero-order valence-corrected chi connectivity index (χ0v) is 16.4. The monoisotopic (exact) mass is 359 g/mol. The molecule has 6 heteroatoms. The van der Waals surface area contributed by atoms with E-state index in [4.69, 9.17) is 0 Å². The Balaban J connectivity index is 1.93. The Morgan fingerprint density at radius 3 is 2.73 bits per heavy atom. The maximum atomic E-state index is 13.5. The number of benzene rings is 1. The van der Waals surface area contributed by atoms with Gasteiger partial charge in [-0.3, -0.25) is 4.99 Å². The summed E-state index contributed by atoms with van der Waals surface area (Å²) in [5, 5.41) is 6.63. The van der Waals surface area contributed by atoms with E-state index < -0.39 is 0 Å². The molecule has 5 nitrogen and oxygen atoms in total. The highest BCUT2D eigenvalue weighted by Crippen LogP contribution is 2.22. The van der Waals surface area contributed by atoms with E-state index in [1.54, 1.807) is 19.2 Å². The van der Waals surface area contributed by atoms with Crippen molar-refractivity contribution < 1.29 is 4.39 Å². The summed E-state index contributed by atoms with van der Waals surface area (Å²) in [5.74, 6) is 2.03. The first-order valence-corrected chi connectivity index (χ1v) is 9.02. The Morgan fingerprint density at radius 1 is 1.31 bits per heavy atom. The van der Waals surface area contributed by atoms with E-state index >= 15 is 0 Å². The molecule has 0 aliphatic rings. The maximum Gasteiger partial charge on any atom is 0.191 e. The Labute approximate surface area is 155 Å². The summed E-state index contributed by atoms with van der Waals surface area (Å²) < 4.78 is 15.7. The van der Waals surface area contributed by atoms with Crippen molar-refractivity contribution in [3.63, 3.8) is 0 Å². The van der Waals surface area contributed by atoms with Crippen LogP contribution in [0.5, 0.6) is 0 Å². The fourth-order valence-corrected chi connectivity index (χ4v) is 2.77. The molecule has 26 heavy (non-hydrogen) atoms. The number of guanidine groups is 1. The van der Waals surface area contributed by atoms with Crippen molar-refractivity contribution in [2.75, 3.05) is 13.6 Å². The summed E-state index contributed by atoms with van der Waals surface area (Å²) in [6.45, 7) is 10.7. The van der Waals surface area contributed by atoms with Crippen LogP contribution in [0.4, 0.5) is 4.39 Å². The van der Waals surface area contributed by atoms with Crippen molar-refractivity contribution >= 4 is 5.96 Å². The van der Waals surface area contributed by atoms with E-state index in [0.717, 1.165) is 17.9 Å². The van der Waals surface area contributed by atoms with Crippen LogP contribution in [0.1, 0.15) is 39.1 Å². The van der Waals surface area contributed by atoms with Crippen LogP contribution in [0.2, 0.25) is 0 Å². The van der Waals surface area contributed by atoms with E-state index in [1.807, 2.05) is 18.5 Å².